The molecule has 2 aromatic rings. The number of benzene rings is 2. The Morgan fingerprint density at radius 2 is 1.05 bits per heavy atom. The molecule has 0 bridgehead atoms. The number of nitrogens with one attached hydrogen (secondary N) is 4. The van der Waals surface area contributed by atoms with Crippen molar-refractivity contribution in [2.45, 2.75) is 229 Å². The Labute approximate surface area is 516 Å². The van der Waals surface area contributed by atoms with Gasteiger partial charge < -0.3 is 55.0 Å². The third kappa shape index (κ3) is 69.9. The van der Waals surface area contributed by atoms with E-state index in [0.717, 1.165) is 122 Å². The minimum Gasteiger partial charge on any atom is -0.379 e. The Morgan fingerprint density at radius 3 is 1.40 bits per heavy atom. The van der Waals surface area contributed by atoms with Crippen LogP contribution in [0.4, 0.5) is 5.69 Å². The number of aliphatic hydroxyl groups is 1. The number of aliphatic imine (C=N–C) groups is 1. The van der Waals surface area contributed by atoms with Gasteiger partial charge in [0.15, 0.2) is 0 Å². The highest BCUT2D eigenvalue weighted by molar-refractivity contribution is 7.85. The lowest BCUT2D eigenvalue weighted by atomic mass is 10.0. The number of ether oxygens (including phenoxy) is 5. The average molecular weight is 1230 g/mol. The molecular weight excluding hydrogens is 1100 g/mol. The van der Waals surface area contributed by atoms with Crippen molar-refractivity contribution in [3.8, 4) is 0 Å². The van der Waals surface area contributed by atoms with Crippen molar-refractivity contribution in [1.82, 2.24) is 21.3 Å². The van der Waals surface area contributed by atoms with E-state index in [0.29, 0.717) is 56.7 Å². The van der Waals surface area contributed by atoms with Crippen molar-refractivity contribution in [3.63, 3.8) is 0 Å². The van der Waals surface area contributed by atoms with Gasteiger partial charge in [-0.1, -0.05) is 49.8 Å². The van der Waals surface area contributed by atoms with Gasteiger partial charge in [0.05, 0.1) is 35.4 Å². The SMILES string of the molecule is C1=CN=CC1.CC(=O)NCCCCCOC(C)C.CC(C)OCCCc1ccc(S(=O)(=O)O)cc1.CCC(CCC(=O)NCO)COC(C)C.CCNC(=O)CCCCOC(C)C.CCNC(=O)CCCCOC(C)C.CN(C)c1ccccc1. The summed E-state index contributed by atoms with van der Waals surface area (Å²) in [4.78, 5) is 49.3. The lowest BCUT2D eigenvalue weighted by molar-refractivity contribution is -0.123. The van der Waals surface area contributed by atoms with Crippen LogP contribution in [-0.4, -0.2) is 152 Å². The van der Waals surface area contributed by atoms with Crippen molar-refractivity contribution in [2.75, 3.05) is 78.4 Å². The standard InChI is InChI=1S/C12H18O4S.C11H23NO3.3C10H21NO2.C8H11N.C4H5N/c1-10(2)16-9-3-4-11-5-7-12(8-6-11)17(13,14)15;1-4-10(7-15-9(2)3)5-6-11(14)12-8-13;1-9(2)13-8-6-4-5-7-11-10(3)12;2*1-4-11-10(12)7-5-6-8-13-9(2)3;1-9(2)8-6-4-3-5-7-8;1-2-4-5-3-1/h5-8,10H,3-4,9H2,1-2H3,(H,13,14,15);9-10,13H,4-8H2,1-3H3,(H,12,14);3*9H,4-8H2,1-3H3,(H,11,12);3-7H,1-2H3;1,3-4H,2H2. The molecule has 3 rings (SSSR count). The average Bonchev–Trinajstić information content (AvgIpc) is 4.08. The highest BCUT2D eigenvalue weighted by atomic mass is 32.2. The Bertz CT molecular complexity index is 1980. The van der Waals surface area contributed by atoms with Gasteiger partial charge in [-0.3, -0.25) is 28.7 Å². The summed E-state index contributed by atoms with van der Waals surface area (Å²) in [7, 11) is -0.00661. The molecule has 1 aliphatic heterocycles. The summed E-state index contributed by atoms with van der Waals surface area (Å²) in [6.45, 7) is 33.3. The van der Waals surface area contributed by atoms with Gasteiger partial charge >= 0.3 is 0 Å². The minimum absolute atomic E-state index is 0.0541. The maximum Gasteiger partial charge on any atom is 0.294 e. The molecular formula is C65H120N6O13S. The third-order valence-electron chi connectivity index (χ3n) is 11.3. The van der Waals surface area contributed by atoms with Gasteiger partial charge in [-0.05, 0) is 183 Å². The summed E-state index contributed by atoms with van der Waals surface area (Å²) in [6, 6.07) is 16.5. The highest BCUT2D eigenvalue weighted by Crippen LogP contribution is 2.14. The number of carbonyl (C=O) groups is 4. The Balaban J connectivity index is -0.000000458. The fourth-order valence-corrected chi connectivity index (χ4v) is 7.15. The predicted octanol–water partition coefficient (Wildman–Crippen LogP) is 11.5. The van der Waals surface area contributed by atoms with Crippen molar-refractivity contribution < 1.29 is 60.9 Å². The second-order valence-electron chi connectivity index (χ2n) is 21.4. The molecule has 0 radical (unpaired) electrons. The number of nitrogens with zero attached hydrogens (tertiary/aromatic N) is 2. The van der Waals surface area contributed by atoms with E-state index in [1.54, 1.807) is 25.3 Å². The molecule has 19 nitrogen and oxygen atoms in total. The van der Waals surface area contributed by atoms with Crippen LogP contribution in [0.5, 0.6) is 0 Å². The molecule has 1 unspecified atom stereocenters. The molecule has 85 heavy (non-hydrogen) atoms. The molecule has 20 heteroatoms. The topological polar surface area (TPSA) is 253 Å². The Morgan fingerprint density at radius 1 is 0.588 bits per heavy atom. The van der Waals surface area contributed by atoms with Crippen LogP contribution in [-0.2, 0) is 59.4 Å². The quantitative estimate of drug-likeness (QED) is 0.0211. The van der Waals surface area contributed by atoms with Gasteiger partial charge in [-0.15, -0.1) is 0 Å². The Hall–Kier alpha value is -4.80. The molecule has 0 fully saturated rings. The highest BCUT2D eigenvalue weighted by Gasteiger charge is 2.11. The van der Waals surface area contributed by atoms with Gasteiger partial charge in [0, 0.05) is 117 Å². The van der Waals surface area contributed by atoms with E-state index in [9.17, 15) is 27.6 Å². The normalized spacial score (nSPS) is 11.5. The molecule has 0 aliphatic carbocycles. The van der Waals surface area contributed by atoms with Crippen molar-refractivity contribution >= 4 is 45.6 Å². The Kier molecular flexibility index (Phi) is 62.0. The van der Waals surface area contributed by atoms with Crippen LogP contribution >= 0.6 is 0 Å². The number of para-hydroxylation sites is 1. The van der Waals surface area contributed by atoms with Crippen LogP contribution in [0.3, 0.4) is 0 Å². The van der Waals surface area contributed by atoms with E-state index in [-0.39, 0.29) is 47.5 Å². The number of aliphatic hydroxyl groups excluding tert-OH is 1. The number of unbranched alkanes of at least 4 members (excludes halogenated alkanes) is 4. The zero-order valence-electron chi connectivity index (χ0n) is 55.6. The molecule has 1 atom stereocenters. The summed E-state index contributed by atoms with van der Waals surface area (Å²) < 4.78 is 57.4. The number of carbonyl (C=O) groups excluding carboxylic acids is 4. The first-order valence-corrected chi connectivity index (χ1v) is 32.4. The van der Waals surface area contributed by atoms with Crippen LogP contribution < -0.4 is 26.2 Å². The van der Waals surface area contributed by atoms with Crippen LogP contribution in [0.1, 0.15) is 192 Å². The van der Waals surface area contributed by atoms with Crippen LogP contribution in [0.25, 0.3) is 0 Å². The van der Waals surface area contributed by atoms with Gasteiger partial charge in [0.25, 0.3) is 10.1 Å². The van der Waals surface area contributed by atoms with Crippen molar-refractivity contribution in [3.05, 3.63) is 72.4 Å². The van der Waals surface area contributed by atoms with Gasteiger partial charge in [0.2, 0.25) is 23.6 Å². The molecule has 0 spiro atoms. The molecule has 494 valence electrons. The molecule has 1 heterocycles. The maximum atomic E-state index is 11.1. The second-order valence-corrected chi connectivity index (χ2v) is 22.8. The fraction of sp³-hybridized carbons (Fsp3) is 0.708. The summed E-state index contributed by atoms with van der Waals surface area (Å²) in [6.07, 6.45) is 20.4. The number of aryl methyl sites for hydroxylation is 1. The molecule has 6 N–H and O–H groups in total. The summed E-state index contributed by atoms with van der Waals surface area (Å²) in [5, 5.41) is 19.1. The summed E-state index contributed by atoms with van der Waals surface area (Å²) in [5.41, 5.74) is 2.28. The number of rotatable bonds is 36. The monoisotopic (exact) mass is 1220 g/mol. The van der Waals surface area contributed by atoms with E-state index in [2.05, 4.69) is 50.2 Å². The lowest BCUT2D eigenvalue weighted by Gasteiger charge is -2.16. The zero-order chi connectivity index (χ0) is 65.1. The first-order chi connectivity index (χ1) is 40.2. The van der Waals surface area contributed by atoms with Crippen LogP contribution in [0.15, 0.2) is 76.8 Å². The molecule has 2 aromatic carbocycles. The molecule has 4 amide bonds. The second kappa shape index (κ2) is 60.9. The number of anilines is 1. The molecule has 1 aliphatic rings. The lowest BCUT2D eigenvalue weighted by Crippen LogP contribution is -2.25. The van der Waals surface area contributed by atoms with Gasteiger partial charge in [0.1, 0.15) is 6.73 Å². The molecule has 0 aromatic heterocycles. The number of allylic oxidation sites excluding steroid dienone is 1. The van der Waals surface area contributed by atoms with Crippen LogP contribution in [0.2, 0.25) is 0 Å². The van der Waals surface area contributed by atoms with E-state index in [1.807, 2.05) is 128 Å². The zero-order valence-corrected chi connectivity index (χ0v) is 56.4. The molecule has 0 saturated heterocycles. The van der Waals surface area contributed by atoms with Crippen molar-refractivity contribution in [2.24, 2.45) is 10.9 Å². The largest absolute Gasteiger partial charge is 0.379 e. The van der Waals surface area contributed by atoms with E-state index < -0.39 is 10.1 Å². The minimum atomic E-state index is -4.08. The summed E-state index contributed by atoms with van der Waals surface area (Å²) in [5.74, 6) is 0.676. The first kappa shape index (κ1) is 86.6. The van der Waals surface area contributed by atoms with E-state index >= 15 is 0 Å². The third-order valence-corrected chi connectivity index (χ3v) is 12.2. The van der Waals surface area contributed by atoms with Crippen molar-refractivity contribution in [1.29, 1.82) is 0 Å². The summed E-state index contributed by atoms with van der Waals surface area (Å²) >= 11 is 0. The smallest absolute Gasteiger partial charge is 0.294 e. The van der Waals surface area contributed by atoms with E-state index in [1.165, 1.54) is 17.8 Å². The number of hydrogen-bond acceptors (Lipinski definition) is 14. The number of amides is 4. The van der Waals surface area contributed by atoms with Gasteiger partial charge in [-0.2, -0.15) is 8.42 Å². The first-order valence-electron chi connectivity index (χ1n) is 30.9. The van der Waals surface area contributed by atoms with Crippen LogP contribution in [0, 0.1) is 5.92 Å². The predicted molar refractivity (Wildman–Crippen MR) is 349 cm³/mol. The van der Waals surface area contributed by atoms with Gasteiger partial charge in [-0.25, -0.2) is 0 Å². The number of hydrogen-bond donors (Lipinski definition) is 6. The van der Waals surface area contributed by atoms with E-state index in [4.69, 9.17) is 33.3 Å². The maximum absolute atomic E-state index is 11.1. The molecule has 0 saturated carbocycles. The fourth-order valence-electron chi connectivity index (χ4n) is 6.67.